The third kappa shape index (κ3) is 3.44. The Morgan fingerprint density at radius 2 is 2.03 bits per heavy atom. The maximum Gasteiger partial charge on any atom is 0.167 e. The summed E-state index contributed by atoms with van der Waals surface area (Å²) in [6.07, 6.45) is -1.51. The molecule has 1 aromatic carbocycles. The lowest BCUT2D eigenvalue weighted by molar-refractivity contribution is -0.0511. The number of aliphatic hydroxyl groups is 3. The number of phenols is 1. The summed E-state index contributed by atoms with van der Waals surface area (Å²) in [7, 11) is 1.48. The van der Waals surface area contributed by atoms with Gasteiger partial charge in [-0.05, 0) is 17.7 Å². The van der Waals surface area contributed by atoms with Crippen molar-refractivity contribution in [2.75, 3.05) is 19.0 Å². The number of imidazole rings is 1. The van der Waals surface area contributed by atoms with Gasteiger partial charge in [-0.2, -0.15) is 0 Å². The van der Waals surface area contributed by atoms with Crippen LogP contribution in [0.2, 0.25) is 0 Å². The van der Waals surface area contributed by atoms with Crippen LogP contribution in [0.5, 0.6) is 11.5 Å². The first-order valence-corrected chi connectivity index (χ1v) is 8.93. The van der Waals surface area contributed by atoms with E-state index in [2.05, 4.69) is 20.3 Å². The minimum absolute atomic E-state index is 0.0354. The summed E-state index contributed by atoms with van der Waals surface area (Å²) in [6, 6.07) is 5.06. The smallest absolute Gasteiger partial charge is 0.167 e. The summed E-state index contributed by atoms with van der Waals surface area (Å²) in [5, 5.41) is 42.6. The van der Waals surface area contributed by atoms with E-state index in [1.807, 2.05) is 6.07 Å². The van der Waals surface area contributed by atoms with E-state index in [1.165, 1.54) is 24.3 Å². The second-order valence-electron chi connectivity index (χ2n) is 6.63. The third-order valence-corrected chi connectivity index (χ3v) is 4.85. The number of anilines is 1. The van der Waals surface area contributed by atoms with Gasteiger partial charge in [0.2, 0.25) is 0 Å². The van der Waals surface area contributed by atoms with E-state index in [-0.39, 0.29) is 5.75 Å². The fourth-order valence-corrected chi connectivity index (χ4v) is 3.31. The van der Waals surface area contributed by atoms with Crippen molar-refractivity contribution in [1.82, 2.24) is 19.5 Å². The van der Waals surface area contributed by atoms with Gasteiger partial charge in [0, 0.05) is 6.54 Å². The largest absolute Gasteiger partial charge is 0.504 e. The first-order valence-electron chi connectivity index (χ1n) is 8.93. The molecule has 1 saturated heterocycles. The number of aliphatic hydroxyl groups excluding tert-OH is 3. The molecule has 11 nitrogen and oxygen atoms in total. The van der Waals surface area contributed by atoms with Crippen molar-refractivity contribution < 1.29 is 29.9 Å². The number of aromatic nitrogens is 4. The molecule has 0 aliphatic carbocycles. The molecule has 0 amide bonds. The zero-order valence-corrected chi connectivity index (χ0v) is 15.5. The summed E-state index contributed by atoms with van der Waals surface area (Å²) in [5.41, 5.74) is 1.65. The van der Waals surface area contributed by atoms with E-state index in [0.29, 0.717) is 29.3 Å². The number of benzene rings is 1. The Balaban J connectivity index is 1.57. The van der Waals surface area contributed by atoms with Crippen molar-refractivity contribution in [1.29, 1.82) is 0 Å². The summed E-state index contributed by atoms with van der Waals surface area (Å²) in [5.74, 6) is 0.875. The molecule has 3 heterocycles. The van der Waals surface area contributed by atoms with Crippen molar-refractivity contribution in [3.8, 4) is 11.5 Å². The topological polar surface area (TPSA) is 155 Å². The van der Waals surface area contributed by atoms with Gasteiger partial charge < -0.3 is 35.2 Å². The number of methoxy groups -OCH3 is 1. The highest BCUT2D eigenvalue weighted by Crippen LogP contribution is 2.32. The molecule has 154 valence electrons. The number of fused-ring (bicyclic) bond motifs is 1. The minimum Gasteiger partial charge on any atom is -0.504 e. The predicted octanol–water partition coefficient (Wildman–Crippen LogP) is -0.236. The van der Waals surface area contributed by atoms with Crippen LogP contribution >= 0.6 is 0 Å². The zero-order valence-electron chi connectivity index (χ0n) is 15.5. The van der Waals surface area contributed by atoms with Crippen LogP contribution < -0.4 is 10.1 Å². The molecule has 11 heteroatoms. The molecule has 5 N–H and O–H groups in total. The van der Waals surface area contributed by atoms with Gasteiger partial charge in [0.25, 0.3) is 0 Å². The number of phenolic OH excluding ortho intramolecular Hbond substituents is 1. The van der Waals surface area contributed by atoms with Crippen LogP contribution in [-0.2, 0) is 11.3 Å². The van der Waals surface area contributed by atoms with E-state index in [9.17, 15) is 20.4 Å². The highest BCUT2D eigenvalue weighted by molar-refractivity contribution is 5.82. The van der Waals surface area contributed by atoms with Crippen LogP contribution in [0.1, 0.15) is 11.8 Å². The molecule has 0 bridgehead atoms. The summed E-state index contributed by atoms with van der Waals surface area (Å²) in [6.45, 7) is -0.0533. The average molecular weight is 403 g/mol. The monoisotopic (exact) mass is 403 g/mol. The van der Waals surface area contributed by atoms with Crippen molar-refractivity contribution in [2.45, 2.75) is 31.1 Å². The quantitative estimate of drug-likeness (QED) is 0.372. The Hall–Kier alpha value is -2.99. The van der Waals surface area contributed by atoms with Crippen LogP contribution in [0.3, 0.4) is 0 Å². The second-order valence-corrected chi connectivity index (χ2v) is 6.63. The lowest BCUT2D eigenvalue weighted by atomic mass is 10.1. The van der Waals surface area contributed by atoms with E-state index in [1.54, 1.807) is 12.1 Å². The molecule has 2 aromatic heterocycles. The van der Waals surface area contributed by atoms with Gasteiger partial charge >= 0.3 is 0 Å². The highest BCUT2D eigenvalue weighted by Gasteiger charge is 2.44. The fraction of sp³-hybridized carbons (Fsp3) is 0.389. The highest BCUT2D eigenvalue weighted by atomic mass is 16.6. The molecular formula is C18H21N5O6. The van der Waals surface area contributed by atoms with Gasteiger partial charge in [0.15, 0.2) is 34.7 Å². The molecule has 4 rings (SSSR count). The average Bonchev–Trinajstić information content (AvgIpc) is 3.28. The predicted molar refractivity (Wildman–Crippen MR) is 100 cm³/mol. The van der Waals surface area contributed by atoms with Gasteiger partial charge in [-0.25, -0.2) is 15.0 Å². The summed E-state index contributed by atoms with van der Waals surface area (Å²) >= 11 is 0. The Kier molecular flexibility index (Phi) is 5.20. The van der Waals surface area contributed by atoms with Crippen LogP contribution in [0.4, 0.5) is 5.82 Å². The Morgan fingerprint density at radius 1 is 1.21 bits per heavy atom. The lowest BCUT2D eigenvalue weighted by Gasteiger charge is -2.16. The summed E-state index contributed by atoms with van der Waals surface area (Å²) < 4.78 is 12.1. The lowest BCUT2D eigenvalue weighted by Crippen LogP contribution is -2.33. The van der Waals surface area contributed by atoms with Crippen LogP contribution in [0, 0.1) is 0 Å². The third-order valence-electron chi connectivity index (χ3n) is 4.85. The fourth-order valence-electron chi connectivity index (χ4n) is 3.31. The number of ether oxygens (including phenoxy) is 2. The van der Waals surface area contributed by atoms with E-state index >= 15 is 0 Å². The SMILES string of the molecule is COc1ccc(CNc2ncnc3c2ncn3[C@@H]2O[C@H](CO)[C@H](O)C2O)cc1O. The Bertz CT molecular complexity index is 1010. The molecular weight excluding hydrogens is 382 g/mol. The molecule has 29 heavy (non-hydrogen) atoms. The number of nitrogens with one attached hydrogen (secondary N) is 1. The first kappa shape index (κ1) is 19.3. The Morgan fingerprint density at radius 3 is 2.72 bits per heavy atom. The van der Waals surface area contributed by atoms with Crippen LogP contribution in [0.25, 0.3) is 11.2 Å². The number of hydrogen-bond acceptors (Lipinski definition) is 10. The van der Waals surface area contributed by atoms with Crippen molar-refractivity contribution in [3.05, 3.63) is 36.4 Å². The molecule has 4 atom stereocenters. The molecule has 1 fully saturated rings. The van der Waals surface area contributed by atoms with Crippen LogP contribution in [0.15, 0.2) is 30.9 Å². The molecule has 0 saturated carbocycles. The second kappa shape index (κ2) is 7.79. The van der Waals surface area contributed by atoms with Gasteiger partial charge in [-0.1, -0.05) is 6.07 Å². The van der Waals surface area contributed by atoms with E-state index in [0.717, 1.165) is 5.56 Å². The van der Waals surface area contributed by atoms with Gasteiger partial charge in [-0.3, -0.25) is 4.57 Å². The van der Waals surface area contributed by atoms with Crippen molar-refractivity contribution >= 4 is 17.0 Å². The standard InChI is InChI=1S/C18H21N5O6/c1-28-11-3-2-9(4-10(11)25)5-19-16-13-17(21-7-20-16)23(8-22-13)18-15(27)14(26)12(6-24)29-18/h2-4,7-8,12,14-15,18,24-27H,5-6H2,1H3,(H,19,20,21)/t12-,14+,15?,18-/m1/s1. The zero-order chi connectivity index (χ0) is 20.5. The van der Waals surface area contributed by atoms with Gasteiger partial charge in [0.1, 0.15) is 24.6 Å². The van der Waals surface area contributed by atoms with Crippen LogP contribution in [-0.4, -0.2) is 72.0 Å². The molecule has 1 aliphatic heterocycles. The number of aromatic hydroxyl groups is 1. The molecule has 1 aliphatic rings. The molecule has 0 spiro atoms. The first-order chi connectivity index (χ1) is 14.0. The maximum absolute atomic E-state index is 10.3. The minimum atomic E-state index is -1.24. The molecule has 0 radical (unpaired) electrons. The number of rotatable bonds is 6. The van der Waals surface area contributed by atoms with E-state index in [4.69, 9.17) is 9.47 Å². The normalized spacial score (nSPS) is 24.1. The van der Waals surface area contributed by atoms with E-state index < -0.39 is 31.1 Å². The van der Waals surface area contributed by atoms with Crippen molar-refractivity contribution in [2.24, 2.45) is 0 Å². The van der Waals surface area contributed by atoms with Gasteiger partial charge in [-0.15, -0.1) is 0 Å². The Labute approximate surface area is 165 Å². The number of hydrogen-bond donors (Lipinski definition) is 5. The van der Waals surface area contributed by atoms with Gasteiger partial charge in [0.05, 0.1) is 20.0 Å². The molecule has 1 unspecified atom stereocenters. The maximum atomic E-state index is 10.3. The number of nitrogens with zero attached hydrogens (tertiary/aromatic N) is 4. The van der Waals surface area contributed by atoms with Crippen molar-refractivity contribution in [3.63, 3.8) is 0 Å². The molecule has 3 aromatic rings. The summed E-state index contributed by atoms with van der Waals surface area (Å²) in [4.78, 5) is 12.7.